The van der Waals surface area contributed by atoms with Gasteiger partial charge in [-0.3, -0.25) is 19.7 Å². The highest BCUT2D eigenvalue weighted by molar-refractivity contribution is 6.31. The van der Waals surface area contributed by atoms with Crippen molar-refractivity contribution in [3.05, 3.63) is 68.3 Å². The van der Waals surface area contributed by atoms with Crippen LogP contribution in [0.3, 0.4) is 0 Å². The molecule has 3 rings (SSSR count). The summed E-state index contributed by atoms with van der Waals surface area (Å²) in [7, 11) is 0. The highest BCUT2D eigenvalue weighted by Crippen LogP contribution is 2.37. The van der Waals surface area contributed by atoms with Crippen molar-refractivity contribution in [2.75, 3.05) is 5.73 Å². The van der Waals surface area contributed by atoms with Crippen LogP contribution in [0.5, 0.6) is 0 Å². The van der Waals surface area contributed by atoms with Gasteiger partial charge in [-0.15, -0.1) is 0 Å². The predicted octanol–water partition coefficient (Wildman–Crippen LogP) is 2.26. The summed E-state index contributed by atoms with van der Waals surface area (Å²) in [5, 5.41) is 11.2. The van der Waals surface area contributed by atoms with Gasteiger partial charge in [0.2, 0.25) is 5.78 Å². The van der Waals surface area contributed by atoms with E-state index in [1.807, 2.05) is 0 Å². The van der Waals surface area contributed by atoms with Crippen LogP contribution in [0.1, 0.15) is 37.4 Å². The normalized spacial score (nSPS) is 12.8. The lowest BCUT2D eigenvalue weighted by Gasteiger charge is -2.19. The Morgan fingerprint density at radius 3 is 2.10 bits per heavy atom. The lowest BCUT2D eigenvalue weighted by molar-refractivity contribution is -0.385. The molecular weight excluding hydrogens is 272 g/mol. The quantitative estimate of drug-likeness (QED) is 0.419. The van der Waals surface area contributed by atoms with E-state index in [2.05, 4.69) is 0 Å². The van der Waals surface area contributed by atoms with Gasteiger partial charge in [0.05, 0.1) is 10.5 Å². The third kappa shape index (κ3) is 1.66. The third-order valence-corrected chi connectivity index (χ3v) is 3.62. The monoisotopic (exact) mass is 282 g/mol. The smallest absolute Gasteiger partial charge is 0.281 e. The number of fused-ring (bicyclic) bond motifs is 2. The molecule has 6 heteroatoms. The Labute approximate surface area is 119 Å². The topological polar surface area (TPSA) is 103 Å². The number of carbonyl (C=O) groups is 2. The molecule has 0 bridgehead atoms. The van der Waals surface area contributed by atoms with Gasteiger partial charge in [-0.1, -0.05) is 24.3 Å². The van der Waals surface area contributed by atoms with Crippen molar-refractivity contribution in [3.63, 3.8) is 0 Å². The van der Waals surface area contributed by atoms with Crippen molar-refractivity contribution in [2.45, 2.75) is 6.92 Å². The average Bonchev–Trinajstić information content (AvgIpc) is 2.47. The molecule has 1 aliphatic rings. The van der Waals surface area contributed by atoms with E-state index in [9.17, 15) is 19.7 Å². The summed E-state index contributed by atoms with van der Waals surface area (Å²) in [6.07, 6.45) is 0. The fourth-order valence-corrected chi connectivity index (χ4v) is 2.57. The zero-order valence-corrected chi connectivity index (χ0v) is 11.0. The van der Waals surface area contributed by atoms with Gasteiger partial charge < -0.3 is 5.73 Å². The van der Waals surface area contributed by atoms with E-state index in [0.717, 1.165) is 0 Å². The first-order valence-corrected chi connectivity index (χ1v) is 6.19. The molecule has 2 aromatic rings. The summed E-state index contributed by atoms with van der Waals surface area (Å²) < 4.78 is 0. The number of carbonyl (C=O) groups excluding carboxylic acids is 2. The zero-order valence-electron chi connectivity index (χ0n) is 11.0. The molecule has 0 aliphatic heterocycles. The molecule has 2 aromatic carbocycles. The van der Waals surface area contributed by atoms with Crippen molar-refractivity contribution in [1.29, 1.82) is 0 Å². The van der Waals surface area contributed by atoms with Crippen molar-refractivity contribution >= 4 is 22.9 Å². The summed E-state index contributed by atoms with van der Waals surface area (Å²) in [6.45, 7) is 1.57. The molecule has 0 atom stereocenters. The lowest BCUT2D eigenvalue weighted by Crippen LogP contribution is -2.24. The molecule has 6 nitrogen and oxygen atoms in total. The summed E-state index contributed by atoms with van der Waals surface area (Å²) in [6, 6.07) is 7.48. The van der Waals surface area contributed by atoms with Crippen LogP contribution >= 0.6 is 0 Å². The van der Waals surface area contributed by atoms with Gasteiger partial charge >= 0.3 is 0 Å². The molecule has 1 aliphatic carbocycles. The van der Waals surface area contributed by atoms with Crippen molar-refractivity contribution in [2.24, 2.45) is 0 Å². The SMILES string of the molecule is Cc1cc([N+](=O)[O-])c2c(c1N)C(=O)c1ccccc1C2=O. The van der Waals surface area contributed by atoms with E-state index in [1.54, 1.807) is 19.1 Å². The number of aryl methyl sites for hydroxylation is 1. The molecular formula is C15H10N2O4. The number of hydrogen-bond donors (Lipinski definition) is 1. The second-order valence-corrected chi connectivity index (χ2v) is 4.84. The maximum Gasteiger partial charge on any atom is 0.281 e. The fraction of sp³-hybridized carbons (Fsp3) is 0.0667. The summed E-state index contributed by atoms with van der Waals surface area (Å²) in [5.74, 6) is -0.997. The highest BCUT2D eigenvalue weighted by atomic mass is 16.6. The van der Waals surface area contributed by atoms with E-state index >= 15 is 0 Å². The second-order valence-electron chi connectivity index (χ2n) is 4.84. The van der Waals surface area contributed by atoms with Crippen LogP contribution in [-0.4, -0.2) is 16.5 Å². The Hall–Kier alpha value is -3.02. The summed E-state index contributed by atoms with van der Waals surface area (Å²) in [5.41, 5.74) is 6.13. The maximum atomic E-state index is 12.5. The molecule has 21 heavy (non-hydrogen) atoms. The number of nitrogens with zero attached hydrogens (tertiary/aromatic N) is 1. The van der Waals surface area contributed by atoms with Crippen LogP contribution in [-0.2, 0) is 0 Å². The minimum Gasteiger partial charge on any atom is -0.398 e. The van der Waals surface area contributed by atoms with Crippen LogP contribution in [0, 0.1) is 17.0 Å². The second kappa shape index (κ2) is 4.24. The molecule has 104 valence electrons. The van der Waals surface area contributed by atoms with E-state index in [4.69, 9.17) is 5.73 Å². The van der Waals surface area contributed by atoms with Gasteiger partial charge in [-0.25, -0.2) is 0 Å². The number of rotatable bonds is 1. The molecule has 0 spiro atoms. The highest BCUT2D eigenvalue weighted by Gasteiger charge is 2.37. The minimum absolute atomic E-state index is 0.0644. The third-order valence-electron chi connectivity index (χ3n) is 3.62. The largest absolute Gasteiger partial charge is 0.398 e. The molecule has 0 heterocycles. The number of ketones is 2. The first kappa shape index (κ1) is 13.0. The van der Waals surface area contributed by atoms with Crippen molar-refractivity contribution in [3.8, 4) is 0 Å². The van der Waals surface area contributed by atoms with Gasteiger partial charge in [-0.2, -0.15) is 0 Å². The number of anilines is 1. The van der Waals surface area contributed by atoms with Gasteiger partial charge in [0.25, 0.3) is 5.69 Å². The maximum absolute atomic E-state index is 12.5. The van der Waals surface area contributed by atoms with Crippen molar-refractivity contribution in [1.82, 2.24) is 0 Å². The molecule has 0 unspecified atom stereocenters. The Morgan fingerprint density at radius 2 is 1.57 bits per heavy atom. The Bertz CT molecular complexity index is 840. The Kier molecular flexibility index (Phi) is 2.62. The molecule has 0 aromatic heterocycles. The van der Waals surface area contributed by atoms with Crippen LogP contribution in [0.25, 0.3) is 0 Å². The van der Waals surface area contributed by atoms with Crippen LogP contribution in [0.4, 0.5) is 11.4 Å². The van der Waals surface area contributed by atoms with E-state index in [-0.39, 0.29) is 33.6 Å². The predicted molar refractivity (Wildman–Crippen MR) is 75.6 cm³/mol. The van der Waals surface area contributed by atoms with Crippen molar-refractivity contribution < 1.29 is 14.5 Å². The van der Waals surface area contributed by atoms with Gasteiger partial charge in [0, 0.05) is 22.9 Å². The first-order valence-electron chi connectivity index (χ1n) is 6.19. The zero-order chi connectivity index (χ0) is 15.3. The Balaban J connectivity index is 2.45. The molecule has 0 fully saturated rings. The fourth-order valence-electron chi connectivity index (χ4n) is 2.57. The standard InChI is InChI=1S/C15H10N2O4/c1-7-6-10(17(20)21)11-12(13(7)16)15(19)9-5-3-2-4-8(9)14(11)18/h2-6H,16H2,1H3. The van der Waals surface area contributed by atoms with Crippen LogP contribution in [0.15, 0.2) is 30.3 Å². The number of benzene rings is 2. The number of nitrogen functional groups attached to an aromatic ring is 1. The minimum atomic E-state index is -0.662. The first-order chi connectivity index (χ1) is 9.93. The molecule has 0 amide bonds. The number of nitro benzene ring substituents is 1. The van der Waals surface area contributed by atoms with E-state index < -0.39 is 16.5 Å². The molecule has 0 radical (unpaired) electrons. The van der Waals surface area contributed by atoms with E-state index in [0.29, 0.717) is 5.56 Å². The molecule has 0 saturated heterocycles. The molecule has 0 saturated carbocycles. The van der Waals surface area contributed by atoms with Gasteiger partial charge in [0.1, 0.15) is 5.56 Å². The van der Waals surface area contributed by atoms with Crippen LogP contribution < -0.4 is 5.73 Å². The molecule has 2 N–H and O–H groups in total. The number of hydrogen-bond acceptors (Lipinski definition) is 5. The number of nitrogens with two attached hydrogens (primary N) is 1. The van der Waals surface area contributed by atoms with Crippen LogP contribution in [0.2, 0.25) is 0 Å². The Morgan fingerprint density at radius 1 is 1.05 bits per heavy atom. The lowest BCUT2D eigenvalue weighted by atomic mass is 9.81. The van der Waals surface area contributed by atoms with Gasteiger partial charge in [-0.05, 0) is 12.5 Å². The average molecular weight is 282 g/mol. The summed E-state index contributed by atoms with van der Waals surface area (Å²) in [4.78, 5) is 35.6. The van der Waals surface area contributed by atoms with Gasteiger partial charge in [0.15, 0.2) is 5.78 Å². The number of nitro groups is 1. The van der Waals surface area contributed by atoms with E-state index in [1.165, 1.54) is 18.2 Å². The summed E-state index contributed by atoms with van der Waals surface area (Å²) >= 11 is 0.